The van der Waals surface area contributed by atoms with Gasteiger partial charge in [0.15, 0.2) is 5.96 Å². The van der Waals surface area contributed by atoms with Crippen molar-refractivity contribution in [2.24, 2.45) is 28.7 Å². The number of aromatic amines is 1. The molecule has 0 amide bonds. The van der Waals surface area contributed by atoms with Gasteiger partial charge in [-0.1, -0.05) is 48.5 Å². The third-order valence-corrected chi connectivity index (χ3v) is 5.55. The van der Waals surface area contributed by atoms with Gasteiger partial charge >= 0.3 is 23.9 Å². The summed E-state index contributed by atoms with van der Waals surface area (Å²) in [4.78, 5) is 43.5. The number of fused-ring (bicyclic) bond motifs is 1. The predicted molar refractivity (Wildman–Crippen MR) is 165 cm³/mol. The van der Waals surface area contributed by atoms with Crippen molar-refractivity contribution >= 4 is 40.7 Å². The second kappa shape index (κ2) is 21.6. The first kappa shape index (κ1) is 39.0. The highest BCUT2D eigenvalue weighted by Gasteiger charge is 2.14. The van der Waals surface area contributed by atoms with Crippen LogP contribution in [0.2, 0.25) is 0 Å². The minimum Gasteiger partial charge on any atom is -0.480 e. The number of para-hydroxylation sites is 1. The van der Waals surface area contributed by atoms with Crippen LogP contribution < -0.4 is 34.0 Å². The summed E-state index contributed by atoms with van der Waals surface area (Å²) in [5.74, 6) is -4.01. The molecular weight excluding hydrogens is 576 g/mol. The predicted octanol–water partition coefficient (Wildman–Crippen LogP) is -0.545. The normalized spacial score (nSPS) is 11.9. The molecule has 3 unspecified atom stereocenters. The number of H-pyrrole nitrogens is 1. The van der Waals surface area contributed by atoms with Crippen LogP contribution in [-0.4, -0.2) is 86.5 Å². The van der Waals surface area contributed by atoms with Crippen molar-refractivity contribution in [2.75, 3.05) is 13.1 Å². The van der Waals surface area contributed by atoms with Crippen molar-refractivity contribution < 1.29 is 39.6 Å². The van der Waals surface area contributed by atoms with Crippen LogP contribution in [0.1, 0.15) is 24.0 Å². The summed E-state index contributed by atoms with van der Waals surface area (Å²) in [5.41, 5.74) is 28.5. The Balaban J connectivity index is 0.000000590. The Bertz CT molecular complexity index is 1320. The SMILES string of the molecule is N=C(N)NCCCC(N)C(=O)O.NC(Cc1c[nH]c2ccccc12)C(=O)O.NC(Cc1ccccc1)C(=O)O.NCC(=O)O. The molecule has 242 valence electrons. The van der Waals surface area contributed by atoms with E-state index >= 15 is 0 Å². The largest absolute Gasteiger partial charge is 0.480 e. The Kier molecular flexibility index (Phi) is 19.2. The van der Waals surface area contributed by atoms with Crippen molar-refractivity contribution in [3.05, 3.63) is 71.9 Å². The zero-order valence-corrected chi connectivity index (χ0v) is 24.1. The van der Waals surface area contributed by atoms with Gasteiger partial charge in [0.05, 0.1) is 6.54 Å². The Hall–Kier alpha value is -5.03. The van der Waals surface area contributed by atoms with Crippen LogP contribution in [-0.2, 0) is 32.0 Å². The summed E-state index contributed by atoms with van der Waals surface area (Å²) in [6.45, 7) is 0.205. The number of carbonyl (C=O) groups is 4. The summed E-state index contributed by atoms with van der Waals surface area (Å²) >= 11 is 0. The second-order valence-electron chi connectivity index (χ2n) is 9.17. The number of rotatable bonds is 12. The lowest BCUT2D eigenvalue weighted by molar-refractivity contribution is -0.139. The summed E-state index contributed by atoms with van der Waals surface area (Å²) in [5, 5.41) is 43.6. The molecule has 44 heavy (non-hydrogen) atoms. The molecule has 0 bridgehead atoms. The molecule has 16 heteroatoms. The number of hydrogen-bond acceptors (Lipinski definition) is 9. The van der Waals surface area contributed by atoms with Gasteiger partial charge in [0, 0.05) is 30.1 Å². The van der Waals surface area contributed by atoms with Gasteiger partial charge in [-0.25, -0.2) is 0 Å². The molecule has 2 aromatic carbocycles. The molecule has 0 saturated heterocycles. The lowest BCUT2D eigenvalue weighted by Gasteiger charge is -2.06. The first-order valence-electron chi connectivity index (χ1n) is 13.2. The maximum absolute atomic E-state index is 10.6. The molecule has 0 spiro atoms. The number of nitrogens with one attached hydrogen (secondary N) is 3. The average Bonchev–Trinajstić information content (AvgIpc) is 3.39. The number of aromatic nitrogens is 1. The summed E-state index contributed by atoms with van der Waals surface area (Å²) in [6, 6.07) is 14.6. The Labute approximate surface area is 253 Å². The fourth-order valence-electron chi connectivity index (χ4n) is 3.25. The van der Waals surface area contributed by atoms with E-state index in [1.165, 1.54) is 0 Å². The van der Waals surface area contributed by atoms with Gasteiger partial charge in [-0.2, -0.15) is 0 Å². The first-order chi connectivity index (χ1) is 20.7. The van der Waals surface area contributed by atoms with E-state index in [-0.39, 0.29) is 12.5 Å². The third-order valence-electron chi connectivity index (χ3n) is 5.55. The van der Waals surface area contributed by atoms with E-state index < -0.39 is 42.0 Å². The number of carboxylic acids is 4. The molecule has 3 atom stereocenters. The van der Waals surface area contributed by atoms with E-state index in [0.717, 1.165) is 22.0 Å². The van der Waals surface area contributed by atoms with Crippen LogP contribution in [0, 0.1) is 5.41 Å². The van der Waals surface area contributed by atoms with E-state index in [1.54, 1.807) is 0 Å². The molecule has 3 rings (SSSR count). The zero-order chi connectivity index (χ0) is 33.7. The molecule has 0 fully saturated rings. The number of carboxylic acid groups (broad SMARTS) is 4. The van der Waals surface area contributed by atoms with Gasteiger partial charge in [-0.3, -0.25) is 24.6 Å². The fraction of sp³-hybridized carbons (Fsp3) is 0.321. The first-order valence-corrected chi connectivity index (χ1v) is 13.2. The van der Waals surface area contributed by atoms with Crippen molar-refractivity contribution in [2.45, 2.75) is 43.8 Å². The minimum atomic E-state index is -1.00. The Morgan fingerprint density at radius 3 is 1.80 bits per heavy atom. The van der Waals surface area contributed by atoms with Gasteiger partial charge in [-0.05, 0) is 36.5 Å². The molecule has 0 radical (unpaired) electrons. The van der Waals surface area contributed by atoms with Crippen molar-refractivity contribution in [3.8, 4) is 0 Å². The van der Waals surface area contributed by atoms with Crippen LogP contribution in [0.3, 0.4) is 0 Å². The van der Waals surface area contributed by atoms with Crippen molar-refractivity contribution in [3.63, 3.8) is 0 Å². The monoisotopic (exact) mass is 618 g/mol. The zero-order valence-electron chi connectivity index (χ0n) is 24.1. The summed E-state index contributed by atoms with van der Waals surface area (Å²) in [6.07, 6.45) is 3.52. The van der Waals surface area contributed by atoms with Crippen LogP contribution >= 0.6 is 0 Å². The molecule has 0 saturated carbocycles. The lowest BCUT2D eigenvalue weighted by Crippen LogP contribution is -2.34. The standard InChI is InChI=1S/C11H12N2O2.C9H11NO2.C6H14N4O2.C2H5NO2/c12-9(11(14)15)5-7-6-13-10-4-2-1-3-8(7)10;10-8(9(11)12)6-7-4-2-1-3-5-7;7-4(5(11)12)2-1-3-10-6(8)9;3-1-2(4)5/h1-4,6,9,13H,5,12H2,(H,14,15);1-5,8H,6,10H2,(H,11,12);4H,1-3,7H2,(H,11,12)(H4,8,9,10);1,3H2,(H,4,5). The van der Waals surface area contributed by atoms with Crippen LogP contribution in [0.4, 0.5) is 0 Å². The van der Waals surface area contributed by atoms with E-state index in [0.29, 0.717) is 32.2 Å². The second-order valence-corrected chi connectivity index (χ2v) is 9.17. The highest BCUT2D eigenvalue weighted by Crippen LogP contribution is 2.18. The molecule has 0 aliphatic carbocycles. The lowest BCUT2D eigenvalue weighted by atomic mass is 10.1. The van der Waals surface area contributed by atoms with Crippen molar-refractivity contribution in [1.82, 2.24) is 10.3 Å². The molecule has 16 nitrogen and oxygen atoms in total. The van der Waals surface area contributed by atoms with Crippen LogP contribution in [0.25, 0.3) is 10.9 Å². The molecule has 0 aliphatic heterocycles. The quantitative estimate of drug-likeness (QED) is 0.0688. The van der Waals surface area contributed by atoms with Gasteiger partial charge in [0.1, 0.15) is 18.1 Å². The van der Waals surface area contributed by atoms with Gasteiger partial charge in [0.2, 0.25) is 0 Å². The van der Waals surface area contributed by atoms with Crippen LogP contribution in [0.5, 0.6) is 0 Å². The molecule has 17 N–H and O–H groups in total. The van der Waals surface area contributed by atoms with E-state index in [1.807, 2.05) is 60.8 Å². The molecule has 1 heterocycles. The molecular formula is C28H42N8O8. The smallest absolute Gasteiger partial charge is 0.320 e. The van der Waals surface area contributed by atoms with E-state index in [4.69, 9.17) is 48.8 Å². The van der Waals surface area contributed by atoms with Gasteiger partial charge in [0.25, 0.3) is 0 Å². The van der Waals surface area contributed by atoms with E-state index in [2.05, 4.69) is 16.0 Å². The number of benzene rings is 2. The Morgan fingerprint density at radius 2 is 1.30 bits per heavy atom. The maximum atomic E-state index is 10.6. The number of guanidine groups is 1. The third kappa shape index (κ3) is 17.7. The molecule has 3 aromatic rings. The van der Waals surface area contributed by atoms with Crippen LogP contribution in [0.15, 0.2) is 60.8 Å². The number of nitrogens with two attached hydrogens (primary N) is 5. The fourth-order valence-corrected chi connectivity index (χ4v) is 3.25. The average molecular weight is 619 g/mol. The minimum absolute atomic E-state index is 0.112. The summed E-state index contributed by atoms with van der Waals surface area (Å²) < 4.78 is 0. The highest BCUT2D eigenvalue weighted by atomic mass is 16.4. The highest BCUT2D eigenvalue weighted by molar-refractivity contribution is 5.84. The topological polar surface area (TPSA) is 331 Å². The van der Waals surface area contributed by atoms with Crippen molar-refractivity contribution in [1.29, 1.82) is 5.41 Å². The molecule has 1 aromatic heterocycles. The van der Waals surface area contributed by atoms with E-state index in [9.17, 15) is 19.2 Å². The van der Waals surface area contributed by atoms with Gasteiger partial charge < -0.3 is 59.4 Å². The maximum Gasteiger partial charge on any atom is 0.320 e. The number of aliphatic carboxylic acids is 4. The van der Waals surface area contributed by atoms with Gasteiger partial charge in [-0.15, -0.1) is 0 Å². The number of hydrogen-bond donors (Lipinski definition) is 12. The Morgan fingerprint density at radius 1 is 0.795 bits per heavy atom. The molecule has 0 aliphatic rings. The summed E-state index contributed by atoms with van der Waals surface area (Å²) in [7, 11) is 0.